The highest BCUT2D eigenvalue weighted by molar-refractivity contribution is 6.30. The van der Waals surface area contributed by atoms with E-state index in [1.807, 2.05) is 31.2 Å². The number of fused-ring (bicyclic) bond motifs is 1. The van der Waals surface area contributed by atoms with Crippen molar-refractivity contribution in [3.05, 3.63) is 75.2 Å². The molecule has 8 heteroatoms. The summed E-state index contributed by atoms with van der Waals surface area (Å²) >= 11 is 5.99. The number of carbonyl (C=O) groups excluding carboxylic acids is 1. The van der Waals surface area contributed by atoms with E-state index in [4.69, 9.17) is 16.1 Å². The lowest BCUT2D eigenvalue weighted by Gasteiger charge is -2.10. The smallest absolute Gasteiger partial charge is 0.280 e. The number of nitrogens with one attached hydrogen (secondary N) is 1. The second kappa shape index (κ2) is 8.73. The Labute approximate surface area is 183 Å². The van der Waals surface area contributed by atoms with E-state index in [0.717, 1.165) is 12.0 Å². The molecule has 2 aromatic heterocycles. The number of nitrogens with zero attached hydrogens (tertiary/aromatic N) is 3. The first-order chi connectivity index (χ1) is 15.0. The maximum Gasteiger partial charge on any atom is 0.280 e. The van der Waals surface area contributed by atoms with Crippen molar-refractivity contribution in [3.63, 3.8) is 0 Å². The average Bonchev–Trinajstić information content (AvgIpc) is 3.16. The number of hydrogen-bond acceptors (Lipinski definition) is 5. The summed E-state index contributed by atoms with van der Waals surface area (Å²) in [6.45, 7) is 3.75. The Morgan fingerprint density at radius 2 is 1.97 bits per heavy atom. The van der Waals surface area contributed by atoms with Crippen molar-refractivity contribution in [3.8, 4) is 11.3 Å². The van der Waals surface area contributed by atoms with Crippen LogP contribution in [0.1, 0.15) is 31.5 Å². The first kappa shape index (κ1) is 20.8. The van der Waals surface area contributed by atoms with E-state index in [-0.39, 0.29) is 18.0 Å². The van der Waals surface area contributed by atoms with Gasteiger partial charge in [0, 0.05) is 23.2 Å². The molecule has 1 N–H and O–H groups in total. The van der Waals surface area contributed by atoms with Gasteiger partial charge in [0.05, 0.1) is 12.2 Å². The highest BCUT2D eigenvalue weighted by Gasteiger charge is 2.21. The number of halogens is 1. The Kier molecular flexibility index (Phi) is 5.86. The standard InChI is InChI=1S/C23H21ClN4O3/c1-3-5-19-20-22(31-27-19)21(16-6-4-7-18(12-16)25-14(2)29)26-28(23(20)30)13-15-8-10-17(24)11-9-15/h4,6-12H,3,5,13H2,1-2H3,(H,25,29). The molecular weight excluding hydrogens is 416 g/mol. The van der Waals surface area contributed by atoms with Crippen molar-refractivity contribution in [1.29, 1.82) is 0 Å². The molecule has 0 radical (unpaired) electrons. The molecule has 0 unspecified atom stereocenters. The van der Waals surface area contributed by atoms with Crippen molar-refractivity contribution >= 4 is 34.2 Å². The van der Waals surface area contributed by atoms with Gasteiger partial charge in [0.15, 0.2) is 0 Å². The molecule has 158 valence electrons. The van der Waals surface area contributed by atoms with Gasteiger partial charge in [0.2, 0.25) is 11.5 Å². The number of benzene rings is 2. The molecule has 7 nitrogen and oxygen atoms in total. The van der Waals surface area contributed by atoms with Gasteiger partial charge in [-0.1, -0.05) is 54.4 Å². The Hall–Kier alpha value is -3.45. The van der Waals surface area contributed by atoms with Gasteiger partial charge in [0.1, 0.15) is 11.1 Å². The van der Waals surface area contributed by atoms with Crippen LogP contribution in [0.25, 0.3) is 22.2 Å². The summed E-state index contributed by atoms with van der Waals surface area (Å²) in [6.07, 6.45) is 1.45. The fraction of sp³-hybridized carbons (Fsp3) is 0.217. The van der Waals surface area contributed by atoms with Crippen LogP contribution in [0.4, 0.5) is 5.69 Å². The number of anilines is 1. The number of amides is 1. The van der Waals surface area contributed by atoms with Gasteiger partial charge in [-0.2, -0.15) is 5.10 Å². The van der Waals surface area contributed by atoms with E-state index in [0.29, 0.717) is 45.1 Å². The third-order valence-corrected chi connectivity index (χ3v) is 5.09. The lowest BCUT2D eigenvalue weighted by molar-refractivity contribution is -0.114. The van der Waals surface area contributed by atoms with Gasteiger partial charge in [0.25, 0.3) is 5.56 Å². The maximum absolute atomic E-state index is 13.3. The number of aryl methyl sites for hydroxylation is 1. The second-order valence-electron chi connectivity index (χ2n) is 7.28. The first-order valence-corrected chi connectivity index (χ1v) is 10.4. The molecule has 0 atom stereocenters. The van der Waals surface area contributed by atoms with Crippen LogP contribution in [0, 0.1) is 0 Å². The summed E-state index contributed by atoms with van der Waals surface area (Å²) in [5.74, 6) is -0.173. The molecule has 0 bridgehead atoms. The number of hydrogen-bond donors (Lipinski definition) is 1. The second-order valence-corrected chi connectivity index (χ2v) is 7.72. The Morgan fingerprint density at radius 1 is 1.19 bits per heavy atom. The molecule has 0 fully saturated rings. The SMILES string of the molecule is CCCc1noc2c(-c3cccc(NC(C)=O)c3)nn(Cc3ccc(Cl)cc3)c(=O)c12. The van der Waals surface area contributed by atoms with Crippen molar-refractivity contribution in [2.24, 2.45) is 0 Å². The minimum absolute atomic E-state index is 0.173. The Morgan fingerprint density at radius 3 is 2.68 bits per heavy atom. The zero-order valence-corrected chi connectivity index (χ0v) is 17.9. The van der Waals surface area contributed by atoms with E-state index in [1.54, 1.807) is 24.3 Å². The van der Waals surface area contributed by atoms with Crippen LogP contribution >= 0.6 is 11.6 Å². The summed E-state index contributed by atoms with van der Waals surface area (Å²) in [4.78, 5) is 24.7. The summed E-state index contributed by atoms with van der Waals surface area (Å²) in [7, 11) is 0. The summed E-state index contributed by atoms with van der Waals surface area (Å²) in [6, 6.07) is 14.5. The van der Waals surface area contributed by atoms with Gasteiger partial charge < -0.3 is 9.84 Å². The van der Waals surface area contributed by atoms with Crippen LogP contribution in [0.15, 0.2) is 57.8 Å². The maximum atomic E-state index is 13.3. The monoisotopic (exact) mass is 436 g/mol. The van der Waals surface area contributed by atoms with E-state index < -0.39 is 0 Å². The van der Waals surface area contributed by atoms with Crippen LogP contribution < -0.4 is 10.9 Å². The Bertz CT molecular complexity index is 1310. The van der Waals surface area contributed by atoms with Gasteiger partial charge >= 0.3 is 0 Å². The average molecular weight is 437 g/mol. The number of carbonyl (C=O) groups is 1. The summed E-state index contributed by atoms with van der Waals surface area (Å²) < 4.78 is 7.00. The predicted molar refractivity (Wildman–Crippen MR) is 120 cm³/mol. The summed E-state index contributed by atoms with van der Waals surface area (Å²) in [5.41, 5.74) is 3.44. The van der Waals surface area contributed by atoms with E-state index >= 15 is 0 Å². The van der Waals surface area contributed by atoms with Gasteiger partial charge in [-0.15, -0.1) is 0 Å². The molecular formula is C23H21ClN4O3. The molecule has 31 heavy (non-hydrogen) atoms. The van der Waals surface area contributed by atoms with Gasteiger partial charge in [-0.3, -0.25) is 9.59 Å². The van der Waals surface area contributed by atoms with Crippen molar-refractivity contribution in [2.75, 3.05) is 5.32 Å². The highest BCUT2D eigenvalue weighted by atomic mass is 35.5. The van der Waals surface area contributed by atoms with Crippen LogP contribution in [0.3, 0.4) is 0 Å². The molecule has 2 heterocycles. The zero-order valence-electron chi connectivity index (χ0n) is 17.2. The van der Waals surface area contributed by atoms with E-state index in [1.165, 1.54) is 11.6 Å². The third-order valence-electron chi connectivity index (χ3n) is 4.84. The molecule has 0 aliphatic heterocycles. The predicted octanol–water partition coefficient (Wildman–Crippen LogP) is 4.66. The van der Waals surface area contributed by atoms with E-state index in [2.05, 4.69) is 15.6 Å². The van der Waals surface area contributed by atoms with Crippen LogP contribution in [0.5, 0.6) is 0 Å². The van der Waals surface area contributed by atoms with Gasteiger partial charge in [-0.05, 0) is 36.2 Å². The molecule has 0 aliphatic carbocycles. The van der Waals surface area contributed by atoms with Crippen molar-refractivity contribution in [2.45, 2.75) is 33.2 Å². The minimum atomic E-state index is -0.253. The minimum Gasteiger partial charge on any atom is -0.353 e. The molecule has 2 aromatic carbocycles. The highest BCUT2D eigenvalue weighted by Crippen LogP contribution is 2.29. The van der Waals surface area contributed by atoms with Gasteiger partial charge in [-0.25, -0.2) is 4.68 Å². The lowest BCUT2D eigenvalue weighted by atomic mass is 10.1. The van der Waals surface area contributed by atoms with Crippen molar-refractivity contribution in [1.82, 2.24) is 14.9 Å². The first-order valence-electron chi connectivity index (χ1n) is 9.98. The topological polar surface area (TPSA) is 90.0 Å². The molecule has 4 rings (SSSR count). The van der Waals surface area contributed by atoms with Crippen LogP contribution in [-0.2, 0) is 17.8 Å². The lowest BCUT2D eigenvalue weighted by Crippen LogP contribution is -2.24. The molecule has 1 amide bonds. The Balaban J connectivity index is 1.90. The zero-order chi connectivity index (χ0) is 22.0. The quantitative estimate of drug-likeness (QED) is 0.474. The third kappa shape index (κ3) is 4.36. The fourth-order valence-corrected chi connectivity index (χ4v) is 3.59. The molecule has 0 saturated heterocycles. The molecule has 0 spiro atoms. The number of rotatable bonds is 6. The molecule has 0 aliphatic rings. The van der Waals surface area contributed by atoms with Crippen molar-refractivity contribution < 1.29 is 9.32 Å². The van der Waals surface area contributed by atoms with Crippen LogP contribution in [-0.4, -0.2) is 20.8 Å². The van der Waals surface area contributed by atoms with Crippen LogP contribution in [0.2, 0.25) is 5.02 Å². The fourth-order valence-electron chi connectivity index (χ4n) is 3.46. The molecule has 4 aromatic rings. The molecule has 0 saturated carbocycles. The van der Waals surface area contributed by atoms with E-state index in [9.17, 15) is 9.59 Å². The number of aromatic nitrogens is 3. The summed E-state index contributed by atoms with van der Waals surface area (Å²) in [5, 5.41) is 12.6. The largest absolute Gasteiger partial charge is 0.353 e. The normalized spacial score (nSPS) is 11.1.